The molecule has 5 heterocycles. The van der Waals surface area contributed by atoms with Gasteiger partial charge in [-0.1, -0.05) is 11.2 Å². The van der Waals surface area contributed by atoms with Crippen LogP contribution in [0.1, 0.15) is 74.3 Å². The summed E-state index contributed by atoms with van der Waals surface area (Å²) in [6.45, 7) is 7.41. The van der Waals surface area contributed by atoms with Gasteiger partial charge in [0.25, 0.3) is 0 Å². The summed E-state index contributed by atoms with van der Waals surface area (Å²) in [6.07, 6.45) is 9.89. The summed E-state index contributed by atoms with van der Waals surface area (Å²) in [5.41, 5.74) is 6.76. The number of piperazine rings is 1. The second-order valence-corrected chi connectivity index (χ2v) is 14.9. The highest BCUT2D eigenvalue weighted by Gasteiger charge is 2.53. The van der Waals surface area contributed by atoms with E-state index < -0.39 is 5.41 Å². The molecule has 2 saturated heterocycles. The lowest BCUT2D eigenvalue weighted by Crippen LogP contribution is -2.57. The largest absolute Gasteiger partial charge is 0.473 e. The first-order chi connectivity index (χ1) is 23.2. The van der Waals surface area contributed by atoms with E-state index in [4.69, 9.17) is 34.7 Å². The molecule has 14 heteroatoms. The van der Waals surface area contributed by atoms with E-state index in [2.05, 4.69) is 35.0 Å². The maximum absolute atomic E-state index is 13.1. The molecule has 1 saturated carbocycles. The Kier molecular flexibility index (Phi) is 8.63. The number of nitrogens with zero attached hydrogens (tertiary/aromatic N) is 8. The van der Waals surface area contributed by atoms with Crippen molar-refractivity contribution in [3.05, 3.63) is 40.1 Å². The monoisotopic (exact) mass is 673 g/mol. The van der Waals surface area contributed by atoms with Crippen molar-refractivity contribution in [1.29, 1.82) is 5.26 Å². The van der Waals surface area contributed by atoms with Crippen molar-refractivity contribution in [3.63, 3.8) is 0 Å². The van der Waals surface area contributed by atoms with Gasteiger partial charge in [0, 0.05) is 55.4 Å². The molecule has 48 heavy (non-hydrogen) atoms. The number of thiophene rings is 1. The van der Waals surface area contributed by atoms with Gasteiger partial charge in [-0.05, 0) is 72.4 Å². The number of carbonyl (C=O) groups excluding carboxylic acids is 1. The van der Waals surface area contributed by atoms with Crippen molar-refractivity contribution < 1.29 is 18.8 Å². The Morgan fingerprint density at radius 2 is 2.06 bits per heavy atom. The van der Waals surface area contributed by atoms with Gasteiger partial charge in [0.1, 0.15) is 23.0 Å². The van der Waals surface area contributed by atoms with E-state index in [0.717, 1.165) is 61.9 Å². The lowest BCUT2D eigenvalue weighted by Gasteiger charge is -2.42. The molecule has 0 radical (unpaired) electrons. The van der Waals surface area contributed by atoms with Crippen LogP contribution in [0.3, 0.4) is 0 Å². The van der Waals surface area contributed by atoms with Gasteiger partial charge in [0.05, 0.1) is 23.1 Å². The van der Waals surface area contributed by atoms with Crippen LogP contribution in [-0.4, -0.2) is 100 Å². The molecule has 2 aliphatic carbocycles. The predicted octanol–water partition coefficient (Wildman–Crippen LogP) is 3.93. The topological polar surface area (TPSA) is 160 Å². The lowest BCUT2D eigenvalue weighted by atomic mass is 9.72. The van der Waals surface area contributed by atoms with Gasteiger partial charge in [-0.3, -0.25) is 9.69 Å². The fraction of sp³-hybridized carbons (Fsp3) is 0.588. The average Bonchev–Trinajstić information content (AvgIpc) is 3.40. The Morgan fingerprint density at radius 1 is 1.23 bits per heavy atom. The third-order valence-corrected chi connectivity index (χ3v) is 11.6. The molecule has 0 bridgehead atoms. The summed E-state index contributed by atoms with van der Waals surface area (Å²) in [6, 6.07) is 4.49. The molecule has 3 fully saturated rings. The number of nitrogens with two attached hydrogens (primary N) is 1. The Labute approximate surface area is 284 Å². The van der Waals surface area contributed by atoms with E-state index in [1.54, 1.807) is 19.3 Å². The third kappa shape index (κ3) is 5.82. The van der Waals surface area contributed by atoms with Gasteiger partial charge in [0.15, 0.2) is 0 Å². The summed E-state index contributed by atoms with van der Waals surface area (Å²) in [4.78, 5) is 35.4. The molecule has 3 aromatic rings. The van der Waals surface area contributed by atoms with Gasteiger partial charge in [0.2, 0.25) is 29.3 Å². The number of hydrogen-bond donors (Lipinski definition) is 1. The normalized spacial score (nSPS) is 24.2. The summed E-state index contributed by atoms with van der Waals surface area (Å²) < 4.78 is 17.6. The Hall–Kier alpha value is -4.06. The number of aryl methyl sites for hydroxylation is 1. The fourth-order valence-corrected chi connectivity index (χ4v) is 9.00. The number of likely N-dealkylation sites (tertiary alicyclic amines) is 1. The van der Waals surface area contributed by atoms with Crippen LogP contribution in [0.5, 0.6) is 5.88 Å². The third-order valence-electron chi connectivity index (χ3n) is 10.6. The van der Waals surface area contributed by atoms with Gasteiger partial charge in [-0.15, -0.1) is 11.3 Å². The van der Waals surface area contributed by atoms with Crippen molar-refractivity contribution in [1.82, 2.24) is 29.9 Å². The standard InChI is InChI=1S/C34H43N9O4S/c1-21(23-8-6-14-41(23)3)46-26-18-25(42-15-16-43(34(20-42)12-13-34)27(44)10-7-17-45-4)37-30(38-26)31-39-32(47-40-31)33(2)11-5-9-24-28(33)22(19-35)29(36)48-24/h7,10,18,21,23H,5-6,8-9,11-17,20,36H2,1-4H3/b10-7-/t21-,23-,33-/m0/s1. The van der Waals surface area contributed by atoms with E-state index in [1.807, 2.05) is 17.9 Å². The van der Waals surface area contributed by atoms with E-state index in [9.17, 15) is 10.1 Å². The Balaban J connectivity index is 1.21. The molecule has 13 nitrogen and oxygen atoms in total. The number of likely N-dealkylation sites (N-methyl/N-ethyl adjacent to an activating group) is 1. The van der Waals surface area contributed by atoms with Crippen LogP contribution < -0.4 is 15.4 Å². The first kappa shape index (κ1) is 32.5. The number of nitrogen functional groups attached to an aromatic ring is 1. The summed E-state index contributed by atoms with van der Waals surface area (Å²) in [5.74, 6) is 2.14. The number of aromatic nitrogens is 4. The van der Waals surface area contributed by atoms with Crippen LogP contribution in [0.2, 0.25) is 0 Å². The number of carbonyl (C=O) groups is 1. The van der Waals surface area contributed by atoms with Crippen LogP contribution in [0.25, 0.3) is 11.6 Å². The van der Waals surface area contributed by atoms with Gasteiger partial charge >= 0.3 is 0 Å². The highest BCUT2D eigenvalue weighted by Crippen LogP contribution is 2.49. The van der Waals surface area contributed by atoms with Crippen LogP contribution in [0.15, 0.2) is 22.7 Å². The second kappa shape index (κ2) is 12.8. The van der Waals surface area contributed by atoms with E-state index in [1.165, 1.54) is 11.3 Å². The zero-order chi connectivity index (χ0) is 33.6. The smallest absolute Gasteiger partial charge is 0.246 e. The number of ether oxygens (including phenoxy) is 2. The van der Waals surface area contributed by atoms with Crippen molar-refractivity contribution in [2.24, 2.45) is 0 Å². The van der Waals surface area contributed by atoms with Gasteiger partial charge < -0.3 is 29.5 Å². The number of fused-ring (bicyclic) bond motifs is 1. The molecule has 254 valence electrons. The van der Waals surface area contributed by atoms with Crippen LogP contribution in [0, 0.1) is 11.3 Å². The number of hydrogen-bond acceptors (Lipinski definition) is 13. The minimum Gasteiger partial charge on any atom is -0.473 e. The Morgan fingerprint density at radius 3 is 2.79 bits per heavy atom. The molecular formula is C34H43N9O4S. The molecule has 1 spiro atoms. The van der Waals surface area contributed by atoms with Crippen molar-refractivity contribution in [2.75, 3.05) is 57.6 Å². The first-order valence-corrected chi connectivity index (χ1v) is 17.6. The Bertz CT molecular complexity index is 1760. The molecule has 2 N–H and O–H groups in total. The molecule has 1 amide bonds. The summed E-state index contributed by atoms with van der Waals surface area (Å²) in [7, 11) is 3.74. The van der Waals surface area contributed by atoms with Crippen LogP contribution >= 0.6 is 11.3 Å². The van der Waals surface area contributed by atoms with Crippen molar-refractivity contribution >= 4 is 28.1 Å². The molecular weight excluding hydrogens is 630 g/mol. The highest BCUT2D eigenvalue weighted by molar-refractivity contribution is 7.16. The lowest BCUT2D eigenvalue weighted by molar-refractivity contribution is -0.129. The quantitative estimate of drug-likeness (QED) is 0.327. The highest BCUT2D eigenvalue weighted by atomic mass is 32.1. The van der Waals surface area contributed by atoms with Crippen molar-refractivity contribution in [3.8, 4) is 23.6 Å². The van der Waals surface area contributed by atoms with Gasteiger partial charge in [-0.25, -0.2) is 4.98 Å². The molecule has 2 aliphatic heterocycles. The number of anilines is 2. The molecule has 3 aromatic heterocycles. The molecule has 0 aromatic carbocycles. The zero-order valence-electron chi connectivity index (χ0n) is 28.1. The minimum atomic E-state index is -0.657. The minimum absolute atomic E-state index is 0.0109. The molecule has 3 atom stereocenters. The van der Waals surface area contributed by atoms with Gasteiger partial charge in [-0.2, -0.15) is 15.2 Å². The predicted molar refractivity (Wildman–Crippen MR) is 181 cm³/mol. The van der Waals surface area contributed by atoms with Crippen LogP contribution in [-0.2, 0) is 21.4 Å². The SMILES string of the molecule is COC/C=C\C(=O)N1CCN(c2cc(O[C@@H](C)[C@@H]3CCCN3C)nc(-c3noc([C@@]4(C)CCCc5sc(N)c(C#N)c54)n3)n2)CC12CC2. The fourth-order valence-electron chi connectivity index (χ4n) is 7.81. The van der Waals surface area contributed by atoms with E-state index in [0.29, 0.717) is 60.2 Å². The number of nitriles is 1. The first-order valence-electron chi connectivity index (χ1n) is 16.8. The zero-order valence-corrected chi connectivity index (χ0v) is 28.9. The molecule has 0 unspecified atom stereocenters. The molecule has 4 aliphatic rings. The van der Waals surface area contributed by atoms with Crippen LogP contribution in [0.4, 0.5) is 10.8 Å². The average molecular weight is 674 g/mol. The number of amides is 1. The van der Waals surface area contributed by atoms with E-state index in [-0.39, 0.29) is 29.4 Å². The molecule has 7 rings (SSSR count). The summed E-state index contributed by atoms with van der Waals surface area (Å²) >= 11 is 1.47. The number of rotatable bonds is 9. The van der Waals surface area contributed by atoms with Crippen molar-refractivity contribution in [2.45, 2.75) is 81.9 Å². The summed E-state index contributed by atoms with van der Waals surface area (Å²) in [5, 5.41) is 14.9. The maximum Gasteiger partial charge on any atom is 0.246 e. The van der Waals surface area contributed by atoms with E-state index >= 15 is 0 Å². The maximum atomic E-state index is 13.1. The second-order valence-electron chi connectivity index (χ2n) is 13.8. The number of methoxy groups -OCH3 is 1.